The molecule has 0 bridgehead atoms. The van der Waals surface area contributed by atoms with Crippen LogP contribution in [0.2, 0.25) is 0 Å². The molecule has 0 aliphatic carbocycles. The predicted octanol–water partition coefficient (Wildman–Crippen LogP) is 1.08. The van der Waals surface area contributed by atoms with Crippen LogP contribution in [0.4, 0.5) is 0 Å². The minimum absolute atomic E-state index is 0.424. The third kappa shape index (κ3) is 4.39. The van der Waals surface area contributed by atoms with Crippen LogP contribution in [0.25, 0.3) is 0 Å². The first-order valence-electron chi connectivity index (χ1n) is 5.06. The van der Waals surface area contributed by atoms with Crippen molar-refractivity contribution in [3.05, 3.63) is 0 Å². The molecule has 0 saturated carbocycles. The maximum atomic E-state index is 10.9. The summed E-state index contributed by atoms with van der Waals surface area (Å²) in [5, 5.41) is 0. The lowest BCUT2D eigenvalue weighted by Gasteiger charge is -2.25. The normalized spacial score (nSPS) is 19.3. The molecule has 1 saturated heterocycles. The third-order valence-electron chi connectivity index (χ3n) is 2.49. The van der Waals surface area contributed by atoms with Gasteiger partial charge in [-0.3, -0.25) is 4.79 Å². The molecule has 1 aliphatic rings. The van der Waals surface area contributed by atoms with Crippen molar-refractivity contribution < 1.29 is 9.53 Å². The molecule has 76 valence electrons. The number of ketones is 1. The predicted molar refractivity (Wildman–Crippen MR) is 51.8 cm³/mol. The van der Waals surface area contributed by atoms with E-state index in [4.69, 9.17) is 4.74 Å². The number of hydrogen-bond acceptors (Lipinski definition) is 3. The van der Waals surface area contributed by atoms with Crippen molar-refractivity contribution in [2.45, 2.75) is 25.7 Å². The molecule has 3 nitrogen and oxygen atoms in total. The number of piperidine rings is 1. The number of Topliss-reactive ketones (excluding diaryl/α,β-unsaturated/α-hetero) is 1. The van der Waals surface area contributed by atoms with Crippen molar-refractivity contribution >= 4 is 5.78 Å². The number of likely N-dealkylation sites (tertiary alicyclic amines) is 1. The minimum Gasteiger partial charge on any atom is -0.385 e. The van der Waals surface area contributed by atoms with E-state index in [1.54, 1.807) is 7.11 Å². The van der Waals surface area contributed by atoms with Crippen LogP contribution in [0.3, 0.4) is 0 Å². The van der Waals surface area contributed by atoms with Gasteiger partial charge in [0.2, 0.25) is 0 Å². The van der Waals surface area contributed by atoms with Gasteiger partial charge in [0, 0.05) is 39.6 Å². The maximum absolute atomic E-state index is 10.9. The molecule has 1 rings (SSSR count). The fourth-order valence-corrected chi connectivity index (χ4v) is 1.61. The first-order chi connectivity index (χ1) is 6.33. The van der Waals surface area contributed by atoms with Crippen LogP contribution < -0.4 is 0 Å². The number of methoxy groups -OCH3 is 1. The maximum Gasteiger partial charge on any atom is 0.135 e. The number of carbonyl (C=O) groups is 1. The van der Waals surface area contributed by atoms with E-state index in [0.717, 1.165) is 45.5 Å². The van der Waals surface area contributed by atoms with Crippen molar-refractivity contribution in [1.29, 1.82) is 0 Å². The molecule has 0 aromatic carbocycles. The van der Waals surface area contributed by atoms with Crippen LogP contribution in [0.15, 0.2) is 0 Å². The summed E-state index contributed by atoms with van der Waals surface area (Å²) in [4.78, 5) is 13.3. The second-order valence-electron chi connectivity index (χ2n) is 3.58. The Kier molecular flexibility index (Phi) is 5.01. The SMILES string of the molecule is COCCCCN1CCC(=O)CC1. The average Bonchev–Trinajstić information content (AvgIpc) is 2.15. The Labute approximate surface area is 80.1 Å². The van der Waals surface area contributed by atoms with Gasteiger partial charge in [0.15, 0.2) is 0 Å². The van der Waals surface area contributed by atoms with Crippen molar-refractivity contribution in [2.75, 3.05) is 33.4 Å². The number of ether oxygens (including phenoxy) is 1. The lowest BCUT2D eigenvalue weighted by molar-refractivity contribution is -0.121. The Morgan fingerprint density at radius 2 is 2.00 bits per heavy atom. The molecular weight excluding hydrogens is 166 g/mol. The molecule has 0 spiro atoms. The van der Waals surface area contributed by atoms with Crippen molar-refractivity contribution in [3.8, 4) is 0 Å². The van der Waals surface area contributed by atoms with Crippen LogP contribution in [0.1, 0.15) is 25.7 Å². The van der Waals surface area contributed by atoms with Gasteiger partial charge >= 0.3 is 0 Å². The van der Waals surface area contributed by atoms with Crippen LogP contribution in [0, 0.1) is 0 Å². The summed E-state index contributed by atoms with van der Waals surface area (Å²) in [6, 6.07) is 0. The zero-order chi connectivity index (χ0) is 9.52. The van der Waals surface area contributed by atoms with E-state index in [2.05, 4.69) is 4.90 Å². The van der Waals surface area contributed by atoms with Gasteiger partial charge in [0.1, 0.15) is 5.78 Å². The summed E-state index contributed by atoms with van der Waals surface area (Å²) < 4.78 is 4.98. The van der Waals surface area contributed by atoms with Crippen molar-refractivity contribution in [2.24, 2.45) is 0 Å². The van der Waals surface area contributed by atoms with E-state index >= 15 is 0 Å². The van der Waals surface area contributed by atoms with Crippen LogP contribution >= 0.6 is 0 Å². The molecule has 0 aromatic rings. The van der Waals surface area contributed by atoms with Crippen LogP contribution in [0.5, 0.6) is 0 Å². The molecule has 0 N–H and O–H groups in total. The summed E-state index contributed by atoms with van der Waals surface area (Å²) in [5.74, 6) is 0.424. The summed E-state index contributed by atoms with van der Waals surface area (Å²) in [6.07, 6.45) is 3.82. The number of unbranched alkanes of at least 4 members (excludes halogenated alkanes) is 1. The molecular formula is C10H19NO2. The summed E-state index contributed by atoms with van der Waals surface area (Å²) in [5.41, 5.74) is 0. The van der Waals surface area contributed by atoms with Crippen molar-refractivity contribution in [1.82, 2.24) is 4.90 Å². The van der Waals surface area contributed by atoms with E-state index in [1.807, 2.05) is 0 Å². The lowest BCUT2D eigenvalue weighted by Crippen LogP contribution is -2.34. The number of hydrogen-bond donors (Lipinski definition) is 0. The third-order valence-corrected chi connectivity index (χ3v) is 2.49. The Morgan fingerprint density at radius 3 is 2.62 bits per heavy atom. The highest BCUT2D eigenvalue weighted by atomic mass is 16.5. The standard InChI is InChI=1S/C10H19NO2/c1-13-9-3-2-6-11-7-4-10(12)5-8-11/h2-9H2,1H3. The monoisotopic (exact) mass is 185 g/mol. The van der Waals surface area contributed by atoms with Gasteiger partial charge in [-0.2, -0.15) is 0 Å². The smallest absolute Gasteiger partial charge is 0.135 e. The van der Waals surface area contributed by atoms with Gasteiger partial charge in [-0.15, -0.1) is 0 Å². The molecule has 0 radical (unpaired) electrons. The van der Waals surface area contributed by atoms with E-state index < -0.39 is 0 Å². The fourth-order valence-electron chi connectivity index (χ4n) is 1.61. The summed E-state index contributed by atoms with van der Waals surface area (Å²) in [7, 11) is 1.74. The van der Waals surface area contributed by atoms with Crippen LogP contribution in [-0.4, -0.2) is 44.0 Å². The first-order valence-corrected chi connectivity index (χ1v) is 5.06. The molecule has 0 unspecified atom stereocenters. The number of nitrogens with zero attached hydrogens (tertiary/aromatic N) is 1. The second-order valence-corrected chi connectivity index (χ2v) is 3.58. The van der Waals surface area contributed by atoms with E-state index in [0.29, 0.717) is 5.78 Å². The molecule has 1 heterocycles. The molecule has 3 heteroatoms. The van der Waals surface area contributed by atoms with E-state index in [9.17, 15) is 4.79 Å². The van der Waals surface area contributed by atoms with Gasteiger partial charge in [-0.25, -0.2) is 0 Å². The van der Waals surface area contributed by atoms with E-state index in [1.165, 1.54) is 6.42 Å². The van der Waals surface area contributed by atoms with Crippen molar-refractivity contribution in [3.63, 3.8) is 0 Å². The topological polar surface area (TPSA) is 29.5 Å². The van der Waals surface area contributed by atoms with Gasteiger partial charge in [-0.05, 0) is 19.4 Å². The van der Waals surface area contributed by atoms with Crippen LogP contribution in [-0.2, 0) is 9.53 Å². The minimum atomic E-state index is 0.424. The highest BCUT2D eigenvalue weighted by Crippen LogP contribution is 2.06. The molecule has 0 atom stereocenters. The fraction of sp³-hybridized carbons (Fsp3) is 0.900. The zero-order valence-corrected chi connectivity index (χ0v) is 8.42. The first kappa shape index (κ1) is 10.7. The van der Waals surface area contributed by atoms with Gasteiger partial charge in [0.25, 0.3) is 0 Å². The zero-order valence-electron chi connectivity index (χ0n) is 8.42. The lowest BCUT2D eigenvalue weighted by atomic mass is 10.1. The molecule has 0 amide bonds. The number of rotatable bonds is 5. The average molecular weight is 185 g/mol. The summed E-state index contributed by atoms with van der Waals surface area (Å²) >= 11 is 0. The summed E-state index contributed by atoms with van der Waals surface area (Å²) in [6.45, 7) is 3.90. The Bertz CT molecular complexity index is 149. The molecule has 1 aliphatic heterocycles. The van der Waals surface area contributed by atoms with Gasteiger partial charge in [-0.1, -0.05) is 0 Å². The largest absolute Gasteiger partial charge is 0.385 e. The molecule has 13 heavy (non-hydrogen) atoms. The molecule has 1 fully saturated rings. The second kappa shape index (κ2) is 6.11. The Hall–Kier alpha value is -0.410. The Balaban J connectivity index is 1.99. The quantitative estimate of drug-likeness (QED) is 0.600. The number of carbonyl (C=O) groups excluding carboxylic acids is 1. The van der Waals surface area contributed by atoms with E-state index in [-0.39, 0.29) is 0 Å². The van der Waals surface area contributed by atoms with Gasteiger partial charge < -0.3 is 9.64 Å². The Morgan fingerprint density at radius 1 is 1.31 bits per heavy atom. The molecule has 0 aromatic heterocycles. The van der Waals surface area contributed by atoms with Gasteiger partial charge in [0.05, 0.1) is 0 Å². The highest BCUT2D eigenvalue weighted by Gasteiger charge is 2.14. The highest BCUT2D eigenvalue weighted by molar-refractivity contribution is 5.79.